The lowest BCUT2D eigenvalue weighted by molar-refractivity contribution is 0.144. The molecule has 2 aromatic heterocycles. The molecule has 0 aliphatic heterocycles. The first kappa shape index (κ1) is 13.2. The monoisotopic (exact) mass is 269 g/mol. The van der Waals surface area contributed by atoms with Crippen LogP contribution in [0.3, 0.4) is 0 Å². The van der Waals surface area contributed by atoms with E-state index in [2.05, 4.69) is 15.3 Å². The SMILES string of the molecule is COc1nnc(C(F)F)cc1C(C)n1cc(N)cn1. The van der Waals surface area contributed by atoms with Crippen LogP contribution in [0.1, 0.15) is 30.6 Å². The Balaban J connectivity index is 2.44. The van der Waals surface area contributed by atoms with Gasteiger partial charge in [-0.3, -0.25) is 4.68 Å². The van der Waals surface area contributed by atoms with Gasteiger partial charge in [-0.05, 0) is 13.0 Å². The van der Waals surface area contributed by atoms with Gasteiger partial charge in [-0.2, -0.15) is 5.10 Å². The Morgan fingerprint density at radius 1 is 1.37 bits per heavy atom. The molecule has 0 aliphatic rings. The van der Waals surface area contributed by atoms with Crippen LogP contribution in [0.2, 0.25) is 0 Å². The van der Waals surface area contributed by atoms with Crippen LogP contribution in [0.25, 0.3) is 0 Å². The van der Waals surface area contributed by atoms with Gasteiger partial charge >= 0.3 is 0 Å². The Labute approximate surface area is 108 Å². The van der Waals surface area contributed by atoms with Crippen LogP contribution in [0, 0.1) is 0 Å². The minimum atomic E-state index is -2.69. The van der Waals surface area contributed by atoms with E-state index in [9.17, 15) is 8.78 Å². The maximum Gasteiger partial charge on any atom is 0.282 e. The highest BCUT2D eigenvalue weighted by molar-refractivity contribution is 5.34. The van der Waals surface area contributed by atoms with Crippen LogP contribution in [0.15, 0.2) is 18.5 Å². The first-order valence-corrected chi connectivity index (χ1v) is 5.52. The van der Waals surface area contributed by atoms with Crippen molar-refractivity contribution < 1.29 is 13.5 Å². The molecule has 8 heteroatoms. The summed E-state index contributed by atoms with van der Waals surface area (Å²) in [5.74, 6) is 0.186. The van der Waals surface area contributed by atoms with Gasteiger partial charge in [0.15, 0.2) is 0 Å². The molecular weight excluding hydrogens is 256 g/mol. The summed E-state index contributed by atoms with van der Waals surface area (Å²) in [5, 5.41) is 11.1. The predicted molar refractivity (Wildman–Crippen MR) is 64.0 cm³/mol. The van der Waals surface area contributed by atoms with Gasteiger partial charge in [-0.1, -0.05) is 0 Å². The smallest absolute Gasteiger partial charge is 0.282 e. The van der Waals surface area contributed by atoms with Crippen molar-refractivity contribution in [3.8, 4) is 5.88 Å². The van der Waals surface area contributed by atoms with Crippen molar-refractivity contribution in [1.29, 1.82) is 0 Å². The molecule has 0 fully saturated rings. The molecule has 6 nitrogen and oxygen atoms in total. The molecule has 0 bridgehead atoms. The molecule has 2 heterocycles. The lowest BCUT2D eigenvalue weighted by Crippen LogP contribution is -2.11. The Hall–Kier alpha value is -2.25. The van der Waals surface area contributed by atoms with Crippen LogP contribution >= 0.6 is 0 Å². The predicted octanol–water partition coefficient (Wildman–Crippen LogP) is 1.81. The molecule has 2 rings (SSSR count). The van der Waals surface area contributed by atoms with E-state index < -0.39 is 12.1 Å². The van der Waals surface area contributed by atoms with Gasteiger partial charge < -0.3 is 10.5 Å². The zero-order valence-electron chi connectivity index (χ0n) is 10.4. The third-order valence-electron chi connectivity index (χ3n) is 2.69. The van der Waals surface area contributed by atoms with Crippen LogP contribution in [-0.2, 0) is 0 Å². The van der Waals surface area contributed by atoms with Crippen molar-refractivity contribution in [2.24, 2.45) is 0 Å². The molecule has 2 aromatic rings. The summed E-state index contributed by atoms with van der Waals surface area (Å²) in [6, 6.07) is 0.916. The number of anilines is 1. The van der Waals surface area contributed by atoms with E-state index in [1.807, 2.05) is 0 Å². The molecule has 0 amide bonds. The largest absolute Gasteiger partial charge is 0.480 e. The van der Waals surface area contributed by atoms with E-state index in [0.29, 0.717) is 11.3 Å². The summed E-state index contributed by atoms with van der Waals surface area (Å²) in [4.78, 5) is 0. The Morgan fingerprint density at radius 2 is 2.11 bits per heavy atom. The van der Waals surface area contributed by atoms with Crippen LogP contribution in [-0.4, -0.2) is 27.1 Å². The van der Waals surface area contributed by atoms with Gasteiger partial charge in [-0.25, -0.2) is 8.78 Å². The lowest BCUT2D eigenvalue weighted by Gasteiger charge is -2.15. The fourth-order valence-electron chi connectivity index (χ4n) is 1.68. The number of hydrogen-bond acceptors (Lipinski definition) is 5. The highest BCUT2D eigenvalue weighted by Gasteiger charge is 2.20. The van der Waals surface area contributed by atoms with E-state index in [4.69, 9.17) is 10.5 Å². The van der Waals surface area contributed by atoms with Gasteiger partial charge in [0.05, 0.1) is 25.0 Å². The standard InChI is InChI=1S/C11H13F2N5O/c1-6(18-5-7(14)4-15-18)8-3-9(10(12)13)16-17-11(8)19-2/h3-6,10H,14H2,1-2H3. The molecule has 0 saturated carbocycles. The molecule has 0 aliphatic carbocycles. The summed E-state index contributed by atoms with van der Waals surface area (Å²) in [5.41, 5.74) is 6.14. The highest BCUT2D eigenvalue weighted by atomic mass is 19.3. The van der Waals surface area contributed by atoms with Gasteiger partial charge in [-0.15, -0.1) is 10.2 Å². The molecule has 2 N–H and O–H groups in total. The summed E-state index contributed by atoms with van der Waals surface area (Å²) < 4.78 is 31.9. The second kappa shape index (κ2) is 5.17. The molecule has 1 unspecified atom stereocenters. The van der Waals surface area contributed by atoms with Crippen molar-refractivity contribution in [2.75, 3.05) is 12.8 Å². The van der Waals surface area contributed by atoms with Gasteiger partial charge in [0.1, 0.15) is 5.69 Å². The maximum absolute atomic E-state index is 12.7. The van der Waals surface area contributed by atoms with Crippen molar-refractivity contribution >= 4 is 5.69 Å². The second-order valence-corrected chi connectivity index (χ2v) is 3.96. The first-order chi connectivity index (χ1) is 9.02. The first-order valence-electron chi connectivity index (χ1n) is 5.52. The molecule has 0 saturated heterocycles. The number of aromatic nitrogens is 4. The fourth-order valence-corrected chi connectivity index (χ4v) is 1.68. The molecular formula is C11H13F2N5O. The van der Waals surface area contributed by atoms with Crippen LogP contribution in [0.4, 0.5) is 14.5 Å². The van der Waals surface area contributed by atoms with Crippen molar-refractivity contribution in [2.45, 2.75) is 19.4 Å². The second-order valence-electron chi connectivity index (χ2n) is 3.96. The van der Waals surface area contributed by atoms with Gasteiger partial charge in [0.2, 0.25) is 5.88 Å². The lowest BCUT2D eigenvalue weighted by atomic mass is 10.1. The summed E-state index contributed by atoms with van der Waals surface area (Å²) in [6.07, 6.45) is 0.394. The number of nitrogens with two attached hydrogens (primary N) is 1. The Bertz CT molecular complexity index is 572. The molecule has 102 valence electrons. The van der Waals surface area contributed by atoms with E-state index in [1.54, 1.807) is 17.8 Å². The molecule has 0 aromatic carbocycles. The Kier molecular flexibility index (Phi) is 3.59. The van der Waals surface area contributed by atoms with Crippen LogP contribution < -0.4 is 10.5 Å². The number of methoxy groups -OCH3 is 1. The maximum atomic E-state index is 12.7. The number of hydrogen-bond donors (Lipinski definition) is 1. The van der Waals surface area contributed by atoms with E-state index in [-0.39, 0.29) is 11.9 Å². The topological polar surface area (TPSA) is 78.9 Å². The number of rotatable bonds is 4. The number of ether oxygens (including phenoxy) is 1. The number of alkyl halides is 2. The zero-order valence-corrected chi connectivity index (χ0v) is 10.4. The zero-order chi connectivity index (χ0) is 14.0. The summed E-state index contributed by atoms with van der Waals surface area (Å²) >= 11 is 0. The van der Waals surface area contributed by atoms with Crippen molar-refractivity contribution in [3.05, 3.63) is 29.7 Å². The Morgan fingerprint density at radius 3 is 2.63 bits per heavy atom. The van der Waals surface area contributed by atoms with Crippen LogP contribution in [0.5, 0.6) is 5.88 Å². The molecule has 1 atom stereocenters. The minimum absolute atomic E-state index is 0.186. The minimum Gasteiger partial charge on any atom is -0.480 e. The number of nitrogens with zero attached hydrogens (tertiary/aromatic N) is 4. The van der Waals surface area contributed by atoms with Crippen molar-refractivity contribution in [1.82, 2.24) is 20.0 Å². The highest BCUT2D eigenvalue weighted by Crippen LogP contribution is 2.28. The van der Waals surface area contributed by atoms with Gasteiger partial charge in [0.25, 0.3) is 6.43 Å². The molecule has 19 heavy (non-hydrogen) atoms. The third kappa shape index (κ3) is 2.61. The number of nitrogen functional groups attached to an aromatic ring is 1. The summed E-state index contributed by atoms with van der Waals surface area (Å²) in [7, 11) is 1.40. The average molecular weight is 269 g/mol. The van der Waals surface area contributed by atoms with Gasteiger partial charge in [0, 0.05) is 11.8 Å². The number of halogens is 2. The van der Waals surface area contributed by atoms with E-state index in [0.717, 1.165) is 0 Å². The molecule has 0 radical (unpaired) electrons. The van der Waals surface area contributed by atoms with E-state index >= 15 is 0 Å². The van der Waals surface area contributed by atoms with E-state index in [1.165, 1.54) is 19.4 Å². The quantitative estimate of drug-likeness (QED) is 0.915. The third-order valence-corrected chi connectivity index (χ3v) is 2.69. The molecule has 0 spiro atoms. The normalized spacial score (nSPS) is 12.7. The summed E-state index contributed by atoms with van der Waals surface area (Å²) in [6.45, 7) is 1.78. The van der Waals surface area contributed by atoms with Crippen molar-refractivity contribution in [3.63, 3.8) is 0 Å². The average Bonchev–Trinajstić information content (AvgIpc) is 2.83. The fraction of sp³-hybridized carbons (Fsp3) is 0.364.